The van der Waals surface area contributed by atoms with Gasteiger partial charge >= 0.3 is 0 Å². The van der Waals surface area contributed by atoms with E-state index in [0.717, 1.165) is 5.56 Å². The molecule has 0 spiro atoms. The Hall–Kier alpha value is -0.680. The van der Waals surface area contributed by atoms with Crippen LogP contribution < -0.4 is 4.90 Å². The number of imide groups is 1. The summed E-state index contributed by atoms with van der Waals surface area (Å²) in [7, 11) is 0. The van der Waals surface area contributed by atoms with Gasteiger partial charge in [-0.05, 0) is 31.9 Å². The molecule has 1 saturated heterocycles. The van der Waals surface area contributed by atoms with E-state index in [4.69, 9.17) is 0 Å². The molecule has 0 unspecified atom stereocenters. The molecule has 1 aromatic carbocycles. The summed E-state index contributed by atoms with van der Waals surface area (Å²) in [5.41, 5.74) is 1.81. The molecule has 4 atom stereocenters. The van der Waals surface area contributed by atoms with Gasteiger partial charge in [-0.1, -0.05) is 49.6 Å². The first kappa shape index (κ1) is 14.3. The number of carbonyl (C=O) groups is 2. The maximum Gasteiger partial charge on any atom is 0.237 e. The third-order valence-corrected chi connectivity index (χ3v) is 6.94. The highest BCUT2D eigenvalue weighted by Crippen LogP contribution is 2.44. The molecule has 5 heteroatoms. The monoisotopic (exact) mass is 399 g/mol. The van der Waals surface area contributed by atoms with E-state index in [-0.39, 0.29) is 33.3 Å². The van der Waals surface area contributed by atoms with Gasteiger partial charge in [-0.15, -0.1) is 0 Å². The maximum atomic E-state index is 12.6. The standard InChI is InChI=1S/C15H15Br2NO2/c1-8-2-4-9(5-3-8)18-14(19)10-6-12(16)13(17)7-11(10)15(18)20/h2-5,10-13H,6-7H2,1H3/t10-,11-,12-,13+/m1/s1. The second kappa shape index (κ2) is 5.26. The zero-order valence-corrected chi connectivity index (χ0v) is 14.2. The van der Waals surface area contributed by atoms with Crippen molar-refractivity contribution in [3.8, 4) is 0 Å². The van der Waals surface area contributed by atoms with Crippen LogP contribution >= 0.6 is 31.9 Å². The third kappa shape index (κ3) is 2.25. The molecular formula is C15H15Br2NO2. The molecule has 2 fully saturated rings. The zero-order chi connectivity index (χ0) is 14.4. The van der Waals surface area contributed by atoms with Crippen LogP contribution in [-0.4, -0.2) is 21.5 Å². The average Bonchev–Trinajstić information content (AvgIpc) is 2.65. The lowest BCUT2D eigenvalue weighted by molar-refractivity contribution is -0.122. The van der Waals surface area contributed by atoms with Gasteiger partial charge in [0.05, 0.1) is 17.5 Å². The zero-order valence-electron chi connectivity index (χ0n) is 11.1. The minimum atomic E-state index is -0.179. The van der Waals surface area contributed by atoms with Crippen molar-refractivity contribution in [3.05, 3.63) is 29.8 Å². The predicted molar refractivity (Wildman–Crippen MR) is 85.3 cm³/mol. The highest BCUT2D eigenvalue weighted by molar-refractivity contribution is 9.12. The van der Waals surface area contributed by atoms with Crippen molar-refractivity contribution in [1.82, 2.24) is 0 Å². The van der Waals surface area contributed by atoms with Crippen LogP contribution in [0.2, 0.25) is 0 Å². The minimum absolute atomic E-state index is 0.0484. The Bertz CT molecular complexity index is 529. The number of halogens is 2. The van der Waals surface area contributed by atoms with E-state index in [0.29, 0.717) is 18.5 Å². The Balaban J connectivity index is 1.93. The van der Waals surface area contributed by atoms with Crippen LogP contribution in [0.1, 0.15) is 18.4 Å². The number of hydrogen-bond donors (Lipinski definition) is 0. The van der Waals surface area contributed by atoms with Gasteiger partial charge in [0.25, 0.3) is 0 Å². The fourth-order valence-electron chi connectivity index (χ4n) is 3.04. The lowest BCUT2D eigenvalue weighted by atomic mass is 9.81. The number of alkyl halides is 2. The first-order valence-electron chi connectivity index (χ1n) is 6.71. The van der Waals surface area contributed by atoms with E-state index < -0.39 is 0 Å². The molecular weight excluding hydrogens is 386 g/mol. The van der Waals surface area contributed by atoms with Gasteiger partial charge in [-0.2, -0.15) is 0 Å². The number of carbonyl (C=O) groups excluding carboxylic acids is 2. The topological polar surface area (TPSA) is 37.4 Å². The molecule has 2 aliphatic rings. The highest BCUT2D eigenvalue weighted by Gasteiger charge is 2.52. The van der Waals surface area contributed by atoms with Gasteiger partial charge in [0.15, 0.2) is 0 Å². The Morgan fingerprint density at radius 1 is 0.950 bits per heavy atom. The molecule has 3 nitrogen and oxygen atoms in total. The van der Waals surface area contributed by atoms with E-state index in [1.807, 2.05) is 31.2 Å². The number of nitrogens with zero attached hydrogens (tertiary/aromatic N) is 1. The second-order valence-corrected chi connectivity index (χ2v) is 7.92. The molecule has 0 aromatic heterocycles. The van der Waals surface area contributed by atoms with Gasteiger partial charge in [-0.3, -0.25) is 14.5 Å². The lowest BCUT2D eigenvalue weighted by Gasteiger charge is -2.29. The van der Waals surface area contributed by atoms with Crippen LogP contribution in [0.15, 0.2) is 24.3 Å². The van der Waals surface area contributed by atoms with Crippen molar-refractivity contribution in [1.29, 1.82) is 0 Å². The Labute approximate surface area is 135 Å². The number of aryl methyl sites for hydroxylation is 1. The van der Waals surface area contributed by atoms with E-state index >= 15 is 0 Å². The normalized spacial score (nSPS) is 33.5. The third-order valence-electron chi connectivity index (χ3n) is 4.20. The SMILES string of the molecule is Cc1ccc(N2C(=O)[C@@H]3C[C@@H](Br)[C@@H](Br)C[C@H]3C2=O)cc1. The summed E-state index contributed by atoms with van der Waals surface area (Å²) >= 11 is 7.19. The minimum Gasteiger partial charge on any atom is -0.274 e. The molecule has 106 valence electrons. The van der Waals surface area contributed by atoms with Gasteiger partial charge in [0.2, 0.25) is 11.8 Å². The van der Waals surface area contributed by atoms with Gasteiger partial charge in [0.1, 0.15) is 0 Å². The fourth-order valence-corrected chi connectivity index (χ4v) is 4.28. The first-order valence-corrected chi connectivity index (χ1v) is 8.55. The van der Waals surface area contributed by atoms with Crippen LogP contribution in [0.5, 0.6) is 0 Å². The molecule has 1 aliphatic carbocycles. The molecule has 0 radical (unpaired) electrons. The Morgan fingerprint density at radius 2 is 1.40 bits per heavy atom. The van der Waals surface area contributed by atoms with E-state index in [1.54, 1.807) is 0 Å². The fraction of sp³-hybridized carbons (Fsp3) is 0.467. The summed E-state index contributed by atoms with van der Waals surface area (Å²) in [5.74, 6) is -0.454. The summed E-state index contributed by atoms with van der Waals surface area (Å²) in [6.45, 7) is 1.99. The molecule has 20 heavy (non-hydrogen) atoms. The number of benzene rings is 1. The summed E-state index contributed by atoms with van der Waals surface area (Å²) < 4.78 is 0. The number of hydrogen-bond acceptors (Lipinski definition) is 2. The average molecular weight is 401 g/mol. The van der Waals surface area contributed by atoms with E-state index in [2.05, 4.69) is 31.9 Å². The molecule has 1 aliphatic heterocycles. The molecule has 0 bridgehead atoms. The van der Waals surface area contributed by atoms with Crippen molar-refractivity contribution in [3.63, 3.8) is 0 Å². The largest absolute Gasteiger partial charge is 0.274 e. The maximum absolute atomic E-state index is 12.6. The van der Waals surface area contributed by atoms with Crippen LogP contribution in [0.3, 0.4) is 0 Å². The second-order valence-electron chi connectivity index (χ2n) is 5.56. The van der Waals surface area contributed by atoms with Crippen molar-refractivity contribution in [2.75, 3.05) is 4.90 Å². The smallest absolute Gasteiger partial charge is 0.237 e. The summed E-state index contributed by atoms with van der Waals surface area (Å²) in [5, 5.41) is 0. The summed E-state index contributed by atoms with van der Waals surface area (Å²) in [4.78, 5) is 27.0. The predicted octanol–water partition coefficient (Wildman–Crippen LogP) is 3.42. The van der Waals surface area contributed by atoms with E-state index in [1.165, 1.54) is 4.90 Å². The quantitative estimate of drug-likeness (QED) is 0.535. The number of amides is 2. The molecule has 2 amide bonds. The molecule has 3 rings (SSSR count). The van der Waals surface area contributed by atoms with Crippen LogP contribution in [0.4, 0.5) is 5.69 Å². The molecule has 1 aromatic rings. The number of anilines is 1. The highest BCUT2D eigenvalue weighted by atomic mass is 79.9. The lowest BCUT2D eigenvalue weighted by Crippen LogP contribution is -2.34. The first-order chi connectivity index (χ1) is 9.49. The number of fused-ring (bicyclic) bond motifs is 1. The molecule has 1 heterocycles. The van der Waals surface area contributed by atoms with Crippen molar-refractivity contribution in [2.24, 2.45) is 11.8 Å². The van der Waals surface area contributed by atoms with Crippen molar-refractivity contribution < 1.29 is 9.59 Å². The molecule has 0 N–H and O–H groups in total. The van der Waals surface area contributed by atoms with Gasteiger partial charge in [0, 0.05) is 9.65 Å². The van der Waals surface area contributed by atoms with Crippen molar-refractivity contribution in [2.45, 2.75) is 29.4 Å². The Kier molecular flexibility index (Phi) is 3.75. The van der Waals surface area contributed by atoms with Crippen molar-refractivity contribution >= 4 is 49.4 Å². The van der Waals surface area contributed by atoms with Crippen LogP contribution in [-0.2, 0) is 9.59 Å². The summed E-state index contributed by atoms with van der Waals surface area (Å²) in [6, 6.07) is 7.55. The van der Waals surface area contributed by atoms with Gasteiger partial charge < -0.3 is 0 Å². The van der Waals surface area contributed by atoms with E-state index in [9.17, 15) is 9.59 Å². The van der Waals surface area contributed by atoms with Crippen LogP contribution in [0, 0.1) is 18.8 Å². The van der Waals surface area contributed by atoms with Crippen LogP contribution in [0.25, 0.3) is 0 Å². The Morgan fingerprint density at radius 3 is 1.85 bits per heavy atom. The van der Waals surface area contributed by atoms with Gasteiger partial charge in [-0.25, -0.2) is 0 Å². The number of rotatable bonds is 1. The molecule has 1 saturated carbocycles. The summed E-state index contributed by atoms with van der Waals surface area (Å²) in [6.07, 6.45) is 1.43.